The second-order valence-electron chi connectivity index (χ2n) is 7.16. The molecule has 1 atom stereocenters. The van der Waals surface area contributed by atoms with Crippen molar-refractivity contribution < 1.29 is 19.0 Å². The zero-order valence-electron chi connectivity index (χ0n) is 17.8. The largest absolute Gasteiger partial charge is 0.379 e. The van der Waals surface area contributed by atoms with Gasteiger partial charge in [-0.25, -0.2) is 0 Å². The molecule has 0 aromatic heterocycles. The van der Waals surface area contributed by atoms with Crippen LogP contribution in [0.25, 0.3) is 21.6 Å². The minimum absolute atomic E-state index is 0.0938. The van der Waals surface area contributed by atoms with Crippen LogP contribution in [0.5, 0.6) is 0 Å². The molecule has 2 aromatic rings. The number of ether oxygens (including phenoxy) is 3. The molecular weight excluding hydrogens is 396 g/mol. The minimum Gasteiger partial charge on any atom is -0.379 e. The number of nitrogens with zero attached hydrogens (tertiary/aromatic N) is 3. The summed E-state index contributed by atoms with van der Waals surface area (Å²) in [6.45, 7) is 5.55. The van der Waals surface area contributed by atoms with Gasteiger partial charge in [-0.2, -0.15) is 0 Å². The number of carbonyl (C=O) groups excluding carboxylic acids is 1. The van der Waals surface area contributed by atoms with E-state index in [9.17, 15) is 4.79 Å². The van der Waals surface area contributed by atoms with Gasteiger partial charge in [-0.05, 0) is 39.9 Å². The van der Waals surface area contributed by atoms with Crippen molar-refractivity contribution in [2.45, 2.75) is 12.8 Å². The van der Waals surface area contributed by atoms with E-state index in [1.807, 2.05) is 18.2 Å². The highest BCUT2D eigenvalue weighted by Crippen LogP contribution is 2.44. The summed E-state index contributed by atoms with van der Waals surface area (Å²) in [4.78, 5) is 15.1. The van der Waals surface area contributed by atoms with E-state index >= 15 is 0 Å². The fourth-order valence-corrected chi connectivity index (χ4v) is 3.63. The van der Waals surface area contributed by atoms with Crippen LogP contribution in [0.3, 0.4) is 0 Å². The smallest absolute Gasteiger partial charge is 0.251 e. The maximum absolute atomic E-state index is 12.5. The maximum Gasteiger partial charge on any atom is 0.251 e. The normalized spacial score (nSPS) is 13.9. The molecule has 1 unspecified atom stereocenters. The summed E-state index contributed by atoms with van der Waals surface area (Å²) < 4.78 is 16.1. The molecule has 164 valence electrons. The van der Waals surface area contributed by atoms with Crippen molar-refractivity contribution in [1.82, 2.24) is 5.32 Å². The first-order valence-corrected chi connectivity index (χ1v) is 10.5. The van der Waals surface area contributed by atoms with Gasteiger partial charge in [0.1, 0.15) is 0 Å². The quantitative estimate of drug-likeness (QED) is 0.228. The SMILES string of the molecule is CC1c2ccccc2-c2ccc(C(=O)NCCOCCOCCOCCN=[N+]=[N-])cc21. The summed E-state index contributed by atoms with van der Waals surface area (Å²) >= 11 is 0. The monoisotopic (exact) mass is 424 g/mol. The Morgan fingerprint density at radius 1 is 0.968 bits per heavy atom. The summed E-state index contributed by atoms with van der Waals surface area (Å²) in [5.74, 6) is 0.197. The zero-order chi connectivity index (χ0) is 21.9. The zero-order valence-corrected chi connectivity index (χ0v) is 17.8. The van der Waals surface area contributed by atoms with Crippen LogP contribution in [0.15, 0.2) is 47.6 Å². The van der Waals surface area contributed by atoms with Crippen molar-refractivity contribution in [1.29, 1.82) is 0 Å². The molecule has 0 spiro atoms. The number of hydrogen-bond acceptors (Lipinski definition) is 5. The Labute approximate surface area is 182 Å². The van der Waals surface area contributed by atoms with Gasteiger partial charge < -0.3 is 19.5 Å². The molecule has 0 radical (unpaired) electrons. The molecule has 1 aliphatic carbocycles. The third-order valence-electron chi connectivity index (χ3n) is 5.17. The van der Waals surface area contributed by atoms with Gasteiger partial charge in [0.25, 0.3) is 5.91 Å². The predicted molar refractivity (Wildman–Crippen MR) is 118 cm³/mol. The Bertz CT molecular complexity index is 928. The van der Waals surface area contributed by atoms with Gasteiger partial charge in [0.15, 0.2) is 0 Å². The number of amides is 1. The van der Waals surface area contributed by atoms with E-state index in [4.69, 9.17) is 19.7 Å². The lowest BCUT2D eigenvalue weighted by Gasteiger charge is -2.10. The van der Waals surface area contributed by atoms with Crippen LogP contribution in [-0.4, -0.2) is 58.6 Å². The van der Waals surface area contributed by atoms with Gasteiger partial charge in [0, 0.05) is 29.5 Å². The van der Waals surface area contributed by atoms with E-state index in [-0.39, 0.29) is 5.91 Å². The van der Waals surface area contributed by atoms with Gasteiger partial charge in [0.2, 0.25) is 0 Å². The fourth-order valence-electron chi connectivity index (χ4n) is 3.63. The molecule has 1 amide bonds. The summed E-state index contributed by atoms with van der Waals surface area (Å²) in [5.41, 5.74) is 13.8. The minimum atomic E-state index is -0.0938. The number of hydrogen-bond donors (Lipinski definition) is 1. The number of fused-ring (bicyclic) bond motifs is 3. The van der Waals surface area contributed by atoms with Crippen LogP contribution < -0.4 is 5.32 Å². The van der Waals surface area contributed by atoms with Crippen LogP contribution in [-0.2, 0) is 14.2 Å². The molecule has 0 aliphatic heterocycles. The van der Waals surface area contributed by atoms with Gasteiger partial charge in [0.05, 0.1) is 39.6 Å². The fraction of sp³-hybridized carbons (Fsp3) is 0.435. The highest BCUT2D eigenvalue weighted by atomic mass is 16.5. The second kappa shape index (κ2) is 12.1. The van der Waals surface area contributed by atoms with Crippen molar-refractivity contribution in [3.63, 3.8) is 0 Å². The highest BCUT2D eigenvalue weighted by molar-refractivity contribution is 5.96. The molecule has 0 saturated heterocycles. The van der Waals surface area contributed by atoms with Crippen molar-refractivity contribution in [2.24, 2.45) is 5.11 Å². The number of nitrogens with one attached hydrogen (secondary N) is 1. The lowest BCUT2D eigenvalue weighted by Crippen LogP contribution is -2.27. The van der Waals surface area contributed by atoms with E-state index in [0.717, 1.165) is 0 Å². The van der Waals surface area contributed by atoms with Crippen LogP contribution in [0.4, 0.5) is 0 Å². The van der Waals surface area contributed by atoms with E-state index in [1.54, 1.807) is 0 Å². The van der Waals surface area contributed by atoms with Crippen LogP contribution in [0.1, 0.15) is 34.3 Å². The molecule has 8 nitrogen and oxygen atoms in total. The Balaban J connectivity index is 1.30. The number of carbonyl (C=O) groups is 1. The average molecular weight is 425 g/mol. The third kappa shape index (κ3) is 6.29. The Kier molecular flexibility index (Phi) is 8.87. The molecule has 0 bridgehead atoms. The van der Waals surface area contributed by atoms with Crippen LogP contribution >= 0.6 is 0 Å². The molecule has 0 fully saturated rings. The molecular formula is C23H28N4O4. The van der Waals surface area contributed by atoms with Crippen LogP contribution in [0, 0.1) is 0 Å². The van der Waals surface area contributed by atoms with Crippen molar-refractivity contribution >= 4 is 5.91 Å². The molecule has 31 heavy (non-hydrogen) atoms. The Morgan fingerprint density at radius 2 is 1.65 bits per heavy atom. The standard InChI is InChI=1S/C23H28N4O4/c1-17-19-4-2-3-5-20(19)21-7-6-18(16-22(17)21)23(28)25-8-10-29-12-14-31-15-13-30-11-9-26-27-24/h2-7,16-17H,8-15H2,1H3,(H,25,28). The second-order valence-corrected chi connectivity index (χ2v) is 7.16. The molecule has 0 saturated carbocycles. The van der Waals surface area contributed by atoms with Gasteiger partial charge in [-0.15, -0.1) is 0 Å². The van der Waals surface area contributed by atoms with E-state index in [1.165, 1.54) is 22.3 Å². The third-order valence-corrected chi connectivity index (χ3v) is 5.17. The first-order chi connectivity index (χ1) is 15.2. The Hall–Kier alpha value is -2.90. The van der Waals surface area contributed by atoms with Gasteiger partial charge in [-0.1, -0.05) is 42.4 Å². The van der Waals surface area contributed by atoms with Crippen LogP contribution in [0.2, 0.25) is 0 Å². The first kappa shape index (κ1) is 22.8. The molecule has 0 heterocycles. The van der Waals surface area contributed by atoms with Gasteiger partial charge >= 0.3 is 0 Å². The lowest BCUT2D eigenvalue weighted by molar-refractivity contribution is 0.0166. The predicted octanol–water partition coefficient (Wildman–Crippen LogP) is 3.91. The number of rotatable bonds is 13. The lowest BCUT2D eigenvalue weighted by atomic mass is 9.97. The van der Waals surface area contributed by atoms with E-state index in [2.05, 4.69) is 46.5 Å². The molecule has 1 N–H and O–H groups in total. The number of azide groups is 1. The summed E-state index contributed by atoms with van der Waals surface area (Å²) in [6.07, 6.45) is 0. The van der Waals surface area contributed by atoms with E-state index in [0.29, 0.717) is 64.2 Å². The maximum atomic E-state index is 12.5. The van der Waals surface area contributed by atoms with Gasteiger partial charge in [-0.3, -0.25) is 4.79 Å². The topological polar surface area (TPSA) is 106 Å². The molecule has 1 aliphatic rings. The van der Waals surface area contributed by atoms with Crippen molar-refractivity contribution in [3.8, 4) is 11.1 Å². The first-order valence-electron chi connectivity index (χ1n) is 10.5. The molecule has 2 aromatic carbocycles. The summed E-state index contributed by atoms with van der Waals surface area (Å²) in [7, 11) is 0. The summed E-state index contributed by atoms with van der Waals surface area (Å²) in [6, 6.07) is 14.3. The number of benzene rings is 2. The van der Waals surface area contributed by atoms with Crippen molar-refractivity contribution in [2.75, 3.05) is 52.7 Å². The highest BCUT2D eigenvalue weighted by Gasteiger charge is 2.25. The molecule has 3 rings (SSSR count). The van der Waals surface area contributed by atoms with E-state index < -0.39 is 0 Å². The molecule has 8 heteroatoms. The summed E-state index contributed by atoms with van der Waals surface area (Å²) in [5, 5.41) is 6.27. The Morgan fingerprint density at radius 3 is 2.42 bits per heavy atom. The average Bonchev–Trinajstić information content (AvgIpc) is 3.08. The van der Waals surface area contributed by atoms with Crippen molar-refractivity contribution in [3.05, 3.63) is 69.6 Å².